The molecule has 122 valence electrons. The lowest BCUT2D eigenvalue weighted by atomic mass is 9.23. The average molecular weight is 314 g/mol. The third-order valence-electron chi connectivity index (χ3n) is 6.81. The summed E-state index contributed by atoms with van der Waals surface area (Å²) in [5.41, 5.74) is 1.20. The van der Waals surface area contributed by atoms with E-state index in [1.54, 1.807) is 0 Å². The Balaban J connectivity index is 1.35. The summed E-state index contributed by atoms with van der Waals surface area (Å²) in [5, 5.41) is 0.210. The molecule has 2 aliphatic heterocycles. The SMILES string of the molecule is CC1(C)OB(C23CC(c4ccc5c(c4)OCO5)(C2)C3)OC1(C)C. The van der Waals surface area contributed by atoms with Crippen molar-refractivity contribution in [1.82, 2.24) is 0 Å². The number of hydrogen-bond donors (Lipinski definition) is 0. The van der Waals surface area contributed by atoms with Crippen molar-refractivity contribution in [3.63, 3.8) is 0 Å². The number of ether oxygens (including phenoxy) is 2. The van der Waals surface area contributed by atoms with Crippen LogP contribution in [0.4, 0.5) is 0 Å². The molecule has 2 heterocycles. The maximum atomic E-state index is 6.30. The Morgan fingerprint density at radius 3 is 2.13 bits per heavy atom. The Morgan fingerprint density at radius 1 is 0.870 bits per heavy atom. The van der Waals surface area contributed by atoms with Crippen LogP contribution in [0.15, 0.2) is 18.2 Å². The van der Waals surface area contributed by atoms with Crippen LogP contribution in [0.2, 0.25) is 5.31 Å². The number of hydrogen-bond acceptors (Lipinski definition) is 4. The van der Waals surface area contributed by atoms with Crippen LogP contribution in [-0.4, -0.2) is 25.1 Å². The molecule has 5 aliphatic rings. The molecular formula is C18H23BO4. The second kappa shape index (κ2) is 3.89. The van der Waals surface area contributed by atoms with Crippen molar-refractivity contribution in [3.05, 3.63) is 23.8 Å². The van der Waals surface area contributed by atoms with Crippen LogP contribution in [0.1, 0.15) is 52.5 Å². The van der Waals surface area contributed by atoms with Gasteiger partial charge in [-0.2, -0.15) is 0 Å². The van der Waals surface area contributed by atoms with Crippen LogP contribution in [0, 0.1) is 0 Å². The molecule has 1 aromatic rings. The van der Waals surface area contributed by atoms with Crippen LogP contribution >= 0.6 is 0 Å². The molecule has 0 N–H and O–H groups in total. The van der Waals surface area contributed by atoms with Gasteiger partial charge >= 0.3 is 7.12 Å². The minimum Gasteiger partial charge on any atom is -0.454 e. The normalized spacial score (nSPS) is 38.2. The second-order valence-electron chi connectivity index (χ2n) is 8.83. The molecule has 0 atom stereocenters. The third kappa shape index (κ3) is 1.65. The first-order chi connectivity index (χ1) is 10.8. The summed E-state index contributed by atoms with van der Waals surface area (Å²) in [6.45, 7) is 8.86. The van der Waals surface area contributed by atoms with Gasteiger partial charge in [-0.15, -0.1) is 0 Å². The zero-order valence-electron chi connectivity index (χ0n) is 14.3. The largest absolute Gasteiger partial charge is 0.464 e. The molecule has 6 rings (SSSR count). The van der Waals surface area contributed by atoms with Gasteiger partial charge in [0, 0.05) is 5.31 Å². The first kappa shape index (κ1) is 14.2. The van der Waals surface area contributed by atoms with Gasteiger partial charge in [-0.1, -0.05) is 6.07 Å². The van der Waals surface area contributed by atoms with Gasteiger partial charge in [0.25, 0.3) is 0 Å². The van der Waals surface area contributed by atoms with Crippen LogP contribution in [-0.2, 0) is 14.7 Å². The summed E-state index contributed by atoms with van der Waals surface area (Å²) in [5.74, 6) is 1.75. The van der Waals surface area contributed by atoms with Gasteiger partial charge in [-0.25, -0.2) is 0 Å². The van der Waals surface area contributed by atoms with E-state index < -0.39 is 0 Å². The highest BCUT2D eigenvalue weighted by Gasteiger charge is 2.76. The van der Waals surface area contributed by atoms with Gasteiger partial charge in [0.1, 0.15) is 0 Å². The molecule has 4 nitrogen and oxygen atoms in total. The molecule has 1 saturated heterocycles. The minimum atomic E-state index is -0.237. The molecule has 0 unspecified atom stereocenters. The molecule has 23 heavy (non-hydrogen) atoms. The summed E-state index contributed by atoms with van der Waals surface area (Å²) in [4.78, 5) is 0. The Hall–Kier alpha value is -1.20. The van der Waals surface area contributed by atoms with Crippen molar-refractivity contribution >= 4 is 7.12 Å². The zero-order chi connectivity index (χ0) is 16.1. The van der Waals surface area contributed by atoms with E-state index in [-0.39, 0.29) is 23.6 Å². The summed E-state index contributed by atoms with van der Waals surface area (Å²) in [6.07, 6.45) is 3.45. The van der Waals surface area contributed by atoms with Gasteiger partial charge in [0.05, 0.1) is 11.2 Å². The monoisotopic (exact) mass is 314 g/mol. The zero-order valence-corrected chi connectivity index (χ0v) is 14.3. The molecule has 0 spiro atoms. The molecule has 1 aromatic carbocycles. The van der Waals surface area contributed by atoms with Crippen molar-refractivity contribution in [3.8, 4) is 11.5 Å². The fourth-order valence-electron chi connectivity index (χ4n) is 4.74. The first-order valence-corrected chi connectivity index (χ1v) is 8.51. The maximum absolute atomic E-state index is 6.30. The predicted molar refractivity (Wildman–Crippen MR) is 86.9 cm³/mol. The highest BCUT2D eigenvalue weighted by atomic mass is 16.7. The third-order valence-corrected chi connectivity index (χ3v) is 6.81. The molecular weight excluding hydrogens is 291 g/mol. The number of benzene rings is 1. The van der Waals surface area contributed by atoms with E-state index >= 15 is 0 Å². The molecule has 0 aromatic heterocycles. The van der Waals surface area contributed by atoms with Crippen LogP contribution < -0.4 is 9.47 Å². The van der Waals surface area contributed by atoms with E-state index in [9.17, 15) is 0 Å². The number of fused-ring (bicyclic) bond motifs is 1. The number of rotatable bonds is 2. The van der Waals surface area contributed by atoms with Crippen molar-refractivity contribution < 1.29 is 18.8 Å². The lowest BCUT2D eigenvalue weighted by molar-refractivity contribution is -0.0384. The van der Waals surface area contributed by atoms with Gasteiger partial charge in [-0.05, 0) is 70.1 Å². The lowest BCUT2D eigenvalue weighted by Gasteiger charge is -2.71. The van der Waals surface area contributed by atoms with E-state index in [0.717, 1.165) is 30.8 Å². The summed E-state index contributed by atoms with van der Waals surface area (Å²) in [6, 6.07) is 6.40. The van der Waals surface area contributed by atoms with Crippen molar-refractivity contribution in [1.29, 1.82) is 0 Å². The summed E-state index contributed by atoms with van der Waals surface area (Å²) in [7, 11) is -0.0663. The van der Waals surface area contributed by atoms with Crippen LogP contribution in [0.25, 0.3) is 0 Å². The molecule has 2 bridgehead atoms. The van der Waals surface area contributed by atoms with E-state index in [1.165, 1.54) is 5.56 Å². The Kier molecular flexibility index (Phi) is 2.40. The van der Waals surface area contributed by atoms with Crippen molar-refractivity contribution in [2.45, 2.75) is 68.9 Å². The standard InChI is InChI=1S/C18H23BO4/c1-15(2)16(3,4)23-19(22-15)18-8-17(9-18,10-18)12-5-6-13-14(7-12)21-11-20-13/h5-7H,8-11H2,1-4H3. The van der Waals surface area contributed by atoms with Crippen LogP contribution in [0.3, 0.4) is 0 Å². The molecule has 0 radical (unpaired) electrons. The lowest BCUT2D eigenvalue weighted by Crippen LogP contribution is -2.66. The smallest absolute Gasteiger partial charge is 0.454 e. The summed E-state index contributed by atoms with van der Waals surface area (Å²) < 4.78 is 23.5. The Morgan fingerprint density at radius 2 is 1.48 bits per heavy atom. The summed E-state index contributed by atoms with van der Waals surface area (Å²) >= 11 is 0. The Bertz CT molecular complexity index is 660. The fraction of sp³-hybridized carbons (Fsp3) is 0.667. The highest BCUT2D eigenvalue weighted by molar-refractivity contribution is 6.51. The molecule has 0 amide bonds. The van der Waals surface area contributed by atoms with Gasteiger partial charge < -0.3 is 18.8 Å². The minimum absolute atomic E-state index is 0.0663. The molecule has 3 saturated carbocycles. The van der Waals surface area contributed by atoms with Crippen LogP contribution in [0.5, 0.6) is 11.5 Å². The van der Waals surface area contributed by atoms with E-state index in [1.807, 2.05) is 6.07 Å². The molecule has 4 fully saturated rings. The maximum Gasteiger partial charge on any atom is 0.464 e. The first-order valence-electron chi connectivity index (χ1n) is 8.51. The van der Waals surface area contributed by atoms with Crippen molar-refractivity contribution in [2.24, 2.45) is 0 Å². The van der Waals surface area contributed by atoms with E-state index in [2.05, 4.69) is 39.8 Å². The quantitative estimate of drug-likeness (QED) is 0.780. The average Bonchev–Trinajstić information content (AvgIpc) is 2.88. The molecule has 3 aliphatic carbocycles. The predicted octanol–water partition coefficient (Wildman–Crippen LogP) is 3.68. The Labute approximate surface area is 137 Å². The fourth-order valence-corrected chi connectivity index (χ4v) is 4.74. The van der Waals surface area contributed by atoms with E-state index in [0.29, 0.717) is 12.2 Å². The highest BCUT2D eigenvalue weighted by Crippen LogP contribution is 2.81. The van der Waals surface area contributed by atoms with Gasteiger partial charge in [-0.3, -0.25) is 0 Å². The molecule has 5 heteroatoms. The van der Waals surface area contributed by atoms with Gasteiger partial charge in [0.2, 0.25) is 6.79 Å². The van der Waals surface area contributed by atoms with Gasteiger partial charge in [0.15, 0.2) is 11.5 Å². The topological polar surface area (TPSA) is 36.9 Å². The second-order valence-corrected chi connectivity index (χ2v) is 8.83. The van der Waals surface area contributed by atoms with Crippen molar-refractivity contribution in [2.75, 3.05) is 6.79 Å². The van der Waals surface area contributed by atoms with E-state index in [4.69, 9.17) is 18.8 Å².